The number of rotatable bonds is 3. The van der Waals surface area contributed by atoms with Gasteiger partial charge in [0.25, 0.3) is 0 Å². The largest absolute Gasteiger partial charge is 0.391 e. The highest BCUT2D eigenvalue weighted by Gasteiger charge is 2.28. The van der Waals surface area contributed by atoms with Gasteiger partial charge in [-0.3, -0.25) is 0 Å². The number of aliphatic hydroxyl groups is 1. The van der Waals surface area contributed by atoms with Crippen molar-refractivity contribution in [2.24, 2.45) is 0 Å². The molecule has 17 heavy (non-hydrogen) atoms. The minimum atomic E-state index is -3.48. The number of thiophene rings is 1. The molecule has 1 saturated heterocycles. The van der Waals surface area contributed by atoms with Crippen LogP contribution in [-0.2, 0) is 21.4 Å². The second-order valence-corrected chi connectivity index (χ2v) is 6.64. The number of hydrogen-bond acceptors (Lipinski definition) is 5. The fourth-order valence-corrected chi connectivity index (χ4v) is 4.50. The molecule has 0 unspecified atom stereocenters. The molecule has 1 aliphatic heterocycles. The lowest BCUT2D eigenvalue weighted by atomic mass is 10.5. The average Bonchev–Trinajstić information content (AvgIpc) is 2.63. The SMILES string of the molecule is O=S(=O)(c1ccsc1CO)N1CCCOCC1. The Hall–Kier alpha value is -0.470. The summed E-state index contributed by atoms with van der Waals surface area (Å²) in [7, 11) is -3.48. The molecule has 0 spiro atoms. The molecule has 0 atom stereocenters. The highest BCUT2D eigenvalue weighted by atomic mass is 32.2. The molecule has 0 aromatic carbocycles. The van der Waals surface area contributed by atoms with Crippen molar-refractivity contribution in [3.8, 4) is 0 Å². The second-order valence-electron chi connectivity index (χ2n) is 3.74. The van der Waals surface area contributed by atoms with E-state index in [9.17, 15) is 8.42 Å². The Bertz CT molecular complexity index is 460. The summed E-state index contributed by atoms with van der Waals surface area (Å²) in [4.78, 5) is 0.724. The van der Waals surface area contributed by atoms with E-state index < -0.39 is 10.0 Å². The summed E-state index contributed by atoms with van der Waals surface area (Å²) in [5, 5.41) is 10.8. The van der Waals surface area contributed by atoms with E-state index in [1.54, 1.807) is 11.4 Å². The Balaban J connectivity index is 2.28. The summed E-state index contributed by atoms with van der Waals surface area (Å²) < 4.78 is 31.4. The molecule has 0 bridgehead atoms. The molecule has 7 heteroatoms. The van der Waals surface area contributed by atoms with E-state index in [0.717, 1.165) is 0 Å². The van der Waals surface area contributed by atoms with E-state index in [1.807, 2.05) is 0 Å². The van der Waals surface area contributed by atoms with Crippen LogP contribution in [0.25, 0.3) is 0 Å². The third-order valence-corrected chi connectivity index (χ3v) is 5.67. The third-order valence-electron chi connectivity index (χ3n) is 2.65. The van der Waals surface area contributed by atoms with Gasteiger partial charge in [0.1, 0.15) is 0 Å². The molecule has 96 valence electrons. The molecule has 1 fully saturated rings. The van der Waals surface area contributed by atoms with Crippen LogP contribution in [0.1, 0.15) is 11.3 Å². The van der Waals surface area contributed by atoms with E-state index in [1.165, 1.54) is 15.6 Å². The van der Waals surface area contributed by atoms with Crippen LogP contribution in [0.15, 0.2) is 16.3 Å². The normalized spacial score (nSPS) is 19.1. The maximum Gasteiger partial charge on any atom is 0.244 e. The molecular formula is C10H15NO4S2. The van der Waals surface area contributed by atoms with Crippen molar-refractivity contribution in [1.29, 1.82) is 0 Å². The Kier molecular flexibility index (Phi) is 4.16. The van der Waals surface area contributed by atoms with E-state index in [2.05, 4.69) is 0 Å². The number of ether oxygens (including phenoxy) is 1. The van der Waals surface area contributed by atoms with Gasteiger partial charge < -0.3 is 9.84 Å². The summed E-state index contributed by atoms with van der Waals surface area (Å²) in [5.41, 5.74) is 0. The van der Waals surface area contributed by atoms with Gasteiger partial charge in [0.15, 0.2) is 0 Å². The summed E-state index contributed by atoms with van der Waals surface area (Å²) >= 11 is 1.26. The number of hydrogen-bond donors (Lipinski definition) is 1. The molecule has 0 radical (unpaired) electrons. The molecule has 1 N–H and O–H groups in total. The first-order chi connectivity index (χ1) is 8.16. The van der Waals surface area contributed by atoms with Gasteiger partial charge in [0.2, 0.25) is 10.0 Å². The Morgan fingerprint density at radius 3 is 3.00 bits per heavy atom. The lowest BCUT2D eigenvalue weighted by Gasteiger charge is -2.19. The van der Waals surface area contributed by atoms with Gasteiger partial charge in [0, 0.05) is 24.6 Å². The summed E-state index contributed by atoms with van der Waals surface area (Å²) in [6.45, 7) is 1.64. The molecule has 2 heterocycles. The standard InChI is InChI=1S/C10H15NO4S2/c12-8-9-10(2-7-16-9)17(13,14)11-3-1-5-15-6-4-11/h2,7,12H,1,3-6,8H2. The minimum Gasteiger partial charge on any atom is -0.391 e. The quantitative estimate of drug-likeness (QED) is 0.881. The van der Waals surface area contributed by atoms with Crippen molar-refractivity contribution in [1.82, 2.24) is 4.31 Å². The van der Waals surface area contributed by atoms with Gasteiger partial charge in [-0.25, -0.2) is 8.42 Å². The topological polar surface area (TPSA) is 66.8 Å². The molecule has 0 saturated carbocycles. The van der Waals surface area contributed by atoms with Crippen LogP contribution in [-0.4, -0.2) is 44.1 Å². The predicted molar refractivity (Wildman–Crippen MR) is 64.4 cm³/mol. The van der Waals surface area contributed by atoms with Crippen molar-refractivity contribution in [2.75, 3.05) is 26.3 Å². The van der Waals surface area contributed by atoms with Gasteiger partial charge in [-0.1, -0.05) is 0 Å². The zero-order valence-corrected chi connectivity index (χ0v) is 11.0. The predicted octanol–water partition coefficient (Wildman–Crippen LogP) is 0.651. The average molecular weight is 277 g/mol. The third kappa shape index (κ3) is 2.69. The van der Waals surface area contributed by atoms with Crippen LogP contribution < -0.4 is 0 Å². The molecule has 0 amide bonds. The zero-order chi connectivity index (χ0) is 12.3. The lowest BCUT2D eigenvalue weighted by Crippen LogP contribution is -2.33. The van der Waals surface area contributed by atoms with Gasteiger partial charge in [0.05, 0.1) is 18.1 Å². The van der Waals surface area contributed by atoms with E-state index in [-0.39, 0.29) is 11.5 Å². The van der Waals surface area contributed by atoms with Crippen LogP contribution in [0, 0.1) is 0 Å². The fourth-order valence-electron chi connectivity index (χ4n) is 1.78. The van der Waals surface area contributed by atoms with Crippen molar-refractivity contribution in [3.05, 3.63) is 16.3 Å². The van der Waals surface area contributed by atoms with Gasteiger partial charge in [-0.15, -0.1) is 11.3 Å². The van der Waals surface area contributed by atoms with Crippen molar-refractivity contribution in [2.45, 2.75) is 17.9 Å². The Labute approximate surface area is 105 Å². The first-order valence-electron chi connectivity index (χ1n) is 5.41. The minimum absolute atomic E-state index is 0.229. The first-order valence-corrected chi connectivity index (χ1v) is 7.73. The molecular weight excluding hydrogens is 262 g/mol. The number of nitrogens with zero attached hydrogens (tertiary/aromatic N) is 1. The summed E-state index contributed by atoms with van der Waals surface area (Å²) in [6.07, 6.45) is 0.706. The van der Waals surface area contributed by atoms with Crippen LogP contribution in [0.4, 0.5) is 0 Å². The Morgan fingerprint density at radius 2 is 2.24 bits per heavy atom. The number of sulfonamides is 1. The van der Waals surface area contributed by atoms with Crippen molar-refractivity contribution < 1.29 is 18.3 Å². The molecule has 2 rings (SSSR count). The second kappa shape index (κ2) is 5.45. The fraction of sp³-hybridized carbons (Fsp3) is 0.600. The molecule has 0 aliphatic carbocycles. The van der Waals surface area contributed by atoms with Gasteiger partial charge in [-0.2, -0.15) is 4.31 Å². The van der Waals surface area contributed by atoms with E-state index in [4.69, 9.17) is 9.84 Å². The van der Waals surface area contributed by atoms with Crippen LogP contribution in [0.3, 0.4) is 0 Å². The first kappa shape index (κ1) is 13.0. The van der Waals surface area contributed by atoms with Crippen molar-refractivity contribution >= 4 is 21.4 Å². The van der Waals surface area contributed by atoms with E-state index in [0.29, 0.717) is 37.6 Å². The number of aliphatic hydroxyl groups excluding tert-OH is 1. The smallest absolute Gasteiger partial charge is 0.244 e. The summed E-state index contributed by atoms with van der Waals surface area (Å²) in [6, 6.07) is 1.55. The van der Waals surface area contributed by atoms with Crippen LogP contribution in [0.5, 0.6) is 0 Å². The molecule has 5 nitrogen and oxygen atoms in total. The van der Waals surface area contributed by atoms with Gasteiger partial charge >= 0.3 is 0 Å². The molecule has 1 aromatic heterocycles. The Morgan fingerprint density at radius 1 is 1.41 bits per heavy atom. The van der Waals surface area contributed by atoms with E-state index >= 15 is 0 Å². The lowest BCUT2D eigenvalue weighted by molar-refractivity contribution is 0.148. The monoisotopic (exact) mass is 277 g/mol. The molecule has 1 aliphatic rings. The van der Waals surface area contributed by atoms with Gasteiger partial charge in [-0.05, 0) is 17.9 Å². The maximum absolute atomic E-state index is 12.3. The maximum atomic E-state index is 12.3. The van der Waals surface area contributed by atoms with Crippen LogP contribution in [0.2, 0.25) is 0 Å². The van der Waals surface area contributed by atoms with Crippen molar-refractivity contribution in [3.63, 3.8) is 0 Å². The highest BCUT2D eigenvalue weighted by Crippen LogP contribution is 2.25. The zero-order valence-electron chi connectivity index (χ0n) is 9.33. The highest BCUT2D eigenvalue weighted by molar-refractivity contribution is 7.89. The summed E-state index contributed by atoms with van der Waals surface area (Å²) in [5.74, 6) is 0. The molecule has 1 aromatic rings. The van der Waals surface area contributed by atoms with Crippen LogP contribution >= 0.6 is 11.3 Å².